The van der Waals surface area contributed by atoms with Crippen LogP contribution in [0.25, 0.3) is 0 Å². The standard InChI is InChI=1S/C16H17BrN2O/c1-10-4-3-5-12(8-10)11(2)19-16(20)14-9-13(18)6-7-15(14)17/h3-9,11H,18H2,1-2H3,(H,19,20)/t11-/m0/s1. The molecule has 2 aromatic rings. The van der Waals surface area contributed by atoms with E-state index in [2.05, 4.69) is 27.3 Å². The van der Waals surface area contributed by atoms with Crippen molar-refractivity contribution < 1.29 is 4.79 Å². The summed E-state index contributed by atoms with van der Waals surface area (Å²) in [7, 11) is 0. The number of aryl methyl sites for hydroxylation is 1. The molecule has 0 spiro atoms. The number of hydrogen-bond donors (Lipinski definition) is 2. The molecule has 1 amide bonds. The summed E-state index contributed by atoms with van der Waals surface area (Å²) in [4.78, 5) is 12.3. The van der Waals surface area contributed by atoms with Gasteiger partial charge in [0.15, 0.2) is 0 Å². The minimum absolute atomic E-state index is 0.0595. The lowest BCUT2D eigenvalue weighted by molar-refractivity contribution is 0.0939. The number of hydrogen-bond acceptors (Lipinski definition) is 2. The number of rotatable bonds is 3. The van der Waals surface area contributed by atoms with Gasteiger partial charge in [0.25, 0.3) is 5.91 Å². The third-order valence-electron chi connectivity index (χ3n) is 3.12. The Morgan fingerprint density at radius 1 is 1.25 bits per heavy atom. The van der Waals surface area contributed by atoms with Gasteiger partial charge in [-0.25, -0.2) is 0 Å². The van der Waals surface area contributed by atoms with E-state index in [1.165, 1.54) is 5.56 Å². The van der Waals surface area contributed by atoms with Gasteiger partial charge in [0, 0.05) is 10.2 Å². The molecule has 0 bridgehead atoms. The maximum Gasteiger partial charge on any atom is 0.252 e. The second-order valence-corrected chi connectivity index (χ2v) is 5.70. The molecular formula is C16H17BrN2O. The Labute approximate surface area is 127 Å². The van der Waals surface area contributed by atoms with Crippen molar-refractivity contribution in [2.24, 2.45) is 0 Å². The normalized spacial score (nSPS) is 11.9. The Hall–Kier alpha value is -1.81. The first-order valence-corrected chi connectivity index (χ1v) is 7.19. The first kappa shape index (κ1) is 14.6. The van der Waals surface area contributed by atoms with E-state index >= 15 is 0 Å². The van der Waals surface area contributed by atoms with Crippen molar-refractivity contribution in [1.29, 1.82) is 0 Å². The Morgan fingerprint density at radius 2 is 2.00 bits per heavy atom. The fourth-order valence-electron chi connectivity index (χ4n) is 2.01. The van der Waals surface area contributed by atoms with Crippen LogP contribution in [0.3, 0.4) is 0 Å². The van der Waals surface area contributed by atoms with Crippen LogP contribution in [0.2, 0.25) is 0 Å². The third kappa shape index (κ3) is 3.39. The van der Waals surface area contributed by atoms with Crippen molar-refractivity contribution in [3.05, 3.63) is 63.6 Å². The molecule has 2 rings (SSSR count). The Morgan fingerprint density at radius 3 is 2.70 bits per heavy atom. The summed E-state index contributed by atoms with van der Waals surface area (Å²) in [6.45, 7) is 4.00. The number of nitrogens with two attached hydrogens (primary N) is 1. The predicted octanol–water partition coefficient (Wildman–Crippen LogP) is 3.83. The number of benzene rings is 2. The van der Waals surface area contributed by atoms with E-state index in [1.807, 2.05) is 32.0 Å². The van der Waals surface area contributed by atoms with E-state index < -0.39 is 0 Å². The van der Waals surface area contributed by atoms with Gasteiger partial charge in [0.2, 0.25) is 0 Å². The Balaban J connectivity index is 2.17. The Kier molecular flexibility index (Phi) is 4.45. The molecule has 4 heteroatoms. The average Bonchev–Trinajstić information content (AvgIpc) is 2.41. The van der Waals surface area contributed by atoms with E-state index in [0.717, 1.165) is 10.0 Å². The number of nitrogen functional groups attached to an aromatic ring is 1. The zero-order valence-electron chi connectivity index (χ0n) is 11.5. The number of nitrogens with one attached hydrogen (secondary N) is 1. The summed E-state index contributed by atoms with van der Waals surface area (Å²) in [6.07, 6.45) is 0. The summed E-state index contributed by atoms with van der Waals surface area (Å²) in [6, 6.07) is 13.2. The topological polar surface area (TPSA) is 55.1 Å². The molecule has 0 fully saturated rings. The van der Waals surface area contributed by atoms with Gasteiger partial charge in [-0.05, 0) is 53.5 Å². The van der Waals surface area contributed by atoms with Crippen LogP contribution in [-0.2, 0) is 0 Å². The third-order valence-corrected chi connectivity index (χ3v) is 3.82. The molecule has 20 heavy (non-hydrogen) atoms. The molecule has 0 aliphatic heterocycles. The molecule has 1 atom stereocenters. The largest absolute Gasteiger partial charge is 0.399 e. The van der Waals surface area contributed by atoms with Crippen LogP contribution >= 0.6 is 15.9 Å². The molecule has 0 aromatic heterocycles. The zero-order valence-corrected chi connectivity index (χ0v) is 13.1. The molecule has 0 aliphatic carbocycles. The minimum Gasteiger partial charge on any atom is -0.399 e. The summed E-state index contributed by atoms with van der Waals surface area (Å²) in [5, 5.41) is 2.98. The van der Waals surface area contributed by atoms with Crippen LogP contribution in [0.1, 0.15) is 34.5 Å². The van der Waals surface area contributed by atoms with Crippen LogP contribution in [0.5, 0.6) is 0 Å². The number of anilines is 1. The van der Waals surface area contributed by atoms with Crippen molar-refractivity contribution in [2.45, 2.75) is 19.9 Å². The van der Waals surface area contributed by atoms with Crippen molar-refractivity contribution in [2.75, 3.05) is 5.73 Å². The molecule has 0 aliphatic rings. The van der Waals surface area contributed by atoms with Crippen molar-refractivity contribution in [3.8, 4) is 0 Å². The predicted molar refractivity (Wildman–Crippen MR) is 85.6 cm³/mol. The van der Waals surface area contributed by atoms with Gasteiger partial charge in [0.05, 0.1) is 11.6 Å². The Bertz CT molecular complexity index is 640. The summed E-state index contributed by atoms with van der Waals surface area (Å²) >= 11 is 3.37. The van der Waals surface area contributed by atoms with Gasteiger partial charge in [-0.15, -0.1) is 0 Å². The minimum atomic E-state index is -0.141. The van der Waals surface area contributed by atoms with E-state index in [4.69, 9.17) is 5.73 Å². The second kappa shape index (κ2) is 6.09. The molecule has 3 N–H and O–H groups in total. The highest BCUT2D eigenvalue weighted by molar-refractivity contribution is 9.10. The molecular weight excluding hydrogens is 316 g/mol. The summed E-state index contributed by atoms with van der Waals surface area (Å²) in [5.74, 6) is -0.141. The molecule has 2 aromatic carbocycles. The molecule has 0 saturated carbocycles. The first-order valence-electron chi connectivity index (χ1n) is 6.40. The van der Waals surface area contributed by atoms with E-state index in [9.17, 15) is 4.79 Å². The zero-order chi connectivity index (χ0) is 14.7. The SMILES string of the molecule is Cc1cccc([C@H](C)NC(=O)c2cc(N)ccc2Br)c1. The monoisotopic (exact) mass is 332 g/mol. The fourth-order valence-corrected chi connectivity index (χ4v) is 2.44. The number of carbonyl (C=O) groups excluding carboxylic acids is 1. The highest BCUT2D eigenvalue weighted by Crippen LogP contribution is 2.21. The number of amides is 1. The number of carbonyl (C=O) groups is 1. The van der Waals surface area contributed by atoms with E-state index in [-0.39, 0.29) is 11.9 Å². The maximum atomic E-state index is 12.3. The van der Waals surface area contributed by atoms with Gasteiger partial charge in [-0.1, -0.05) is 29.8 Å². The van der Waals surface area contributed by atoms with Gasteiger partial charge >= 0.3 is 0 Å². The van der Waals surface area contributed by atoms with Crippen molar-refractivity contribution in [3.63, 3.8) is 0 Å². The molecule has 0 unspecified atom stereocenters. The molecule has 104 valence electrons. The highest BCUT2D eigenvalue weighted by atomic mass is 79.9. The molecule has 0 saturated heterocycles. The van der Waals surface area contributed by atoms with Crippen molar-refractivity contribution in [1.82, 2.24) is 5.32 Å². The van der Waals surface area contributed by atoms with Crippen molar-refractivity contribution >= 4 is 27.5 Å². The first-order chi connectivity index (χ1) is 9.47. The van der Waals surface area contributed by atoms with Crippen LogP contribution in [0, 0.1) is 6.92 Å². The van der Waals surface area contributed by atoms with Crippen LogP contribution in [0.4, 0.5) is 5.69 Å². The van der Waals surface area contributed by atoms with Crippen LogP contribution in [-0.4, -0.2) is 5.91 Å². The molecule has 0 radical (unpaired) electrons. The average molecular weight is 333 g/mol. The quantitative estimate of drug-likeness (QED) is 0.839. The lowest BCUT2D eigenvalue weighted by Gasteiger charge is -2.15. The summed E-state index contributed by atoms with van der Waals surface area (Å²) < 4.78 is 0.737. The highest BCUT2D eigenvalue weighted by Gasteiger charge is 2.14. The molecule has 0 heterocycles. The van der Waals surface area contributed by atoms with Crippen LogP contribution in [0.15, 0.2) is 46.9 Å². The molecule has 3 nitrogen and oxygen atoms in total. The summed E-state index contributed by atoms with van der Waals surface area (Å²) in [5.41, 5.74) is 9.10. The van der Waals surface area contributed by atoms with Gasteiger partial charge in [-0.2, -0.15) is 0 Å². The van der Waals surface area contributed by atoms with Gasteiger partial charge in [-0.3, -0.25) is 4.79 Å². The van der Waals surface area contributed by atoms with Gasteiger partial charge in [0.1, 0.15) is 0 Å². The lowest BCUT2D eigenvalue weighted by atomic mass is 10.1. The van der Waals surface area contributed by atoms with E-state index in [0.29, 0.717) is 11.3 Å². The lowest BCUT2D eigenvalue weighted by Crippen LogP contribution is -2.27. The van der Waals surface area contributed by atoms with Crippen LogP contribution < -0.4 is 11.1 Å². The smallest absolute Gasteiger partial charge is 0.252 e. The maximum absolute atomic E-state index is 12.3. The van der Waals surface area contributed by atoms with Gasteiger partial charge < -0.3 is 11.1 Å². The fraction of sp³-hybridized carbons (Fsp3) is 0.188. The van der Waals surface area contributed by atoms with E-state index in [1.54, 1.807) is 18.2 Å². The number of halogens is 1. The second-order valence-electron chi connectivity index (χ2n) is 4.85.